The van der Waals surface area contributed by atoms with Gasteiger partial charge in [0, 0.05) is 30.5 Å². The average molecular weight is 246 g/mol. The standard InChI is InChI=1S/C13H14N2O3/c1-9(10-2-5-14-6-3-10)15-8-11-4-7-18-12(11)13(16)17/h2-7,9,15H,8H2,1H3,(H,16,17). The van der Waals surface area contributed by atoms with Crippen LogP contribution in [0.1, 0.15) is 34.6 Å². The number of carboxylic acids is 1. The zero-order valence-electron chi connectivity index (χ0n) is 9.96. The molecule has 2 N–H and O–H groups in total. The Bertz CT molecular complexity index is 522. The summed E-state index contributed by atoms with van der Waals surface area (Å²) in [7, 11) is 0. The van der Waals surface area contributed by atoms with Gasteiger partial charge >= 0.3 is 5.97 Å². The third-order valence-electron chi connectivity index (χ3n) is 2.75. The molecule has 2 heterocycles. The predicted molar refractivity (Wildman–Crippen MR) is 65.2 cm³/mol. The maximum absolute atomic E-state index is 10.9. The molecule has 1 atom stereocenters. The van der Waals surface area contributed by atoms with Crippen LogP contribution in [-0.4, -0.2) is 16.1 Å². The van der Waals surface area contributed by atoms with Gasteiger partial charge in [-0.15, -0.1) is 0 Å². The molecule has 0 aliphatic carbocycles. The van der Waals surface area contributed by atoms with E-state index in [2.05, 4.69) is 10.3 Å². The molecule has 5 heteroatoms. The number of pyridine rings is 1. The van der Waals surface area contributed by atoms with Crippen molar-refractivity contribution in [2.24, 2.45) is 0 Å². The highest BCUT2D eigenvalue weighted by molar-refractivity contribution is 5.86. The van der Waals surface area contributed by atoms with E-state index in [0.29, 0.717) is 12.1 Å². The third kappa shape index (κ3) is 2.75. The second kappa shape index (κ2) is 5.46. The van der Waals surface area contributed by atoms with E-state index in [4.69, 9.17) is 9.52 Å². The van der Waals surface area contributed by atoms with Crippen molar-refractivity contribution in [2.45, 2.75) is 19.5 Å². The smallest absolute Gasteiger partial charge is 0.372 e. The van der Waals surface area contributed by atoms with Gasteiger partial charge < -0.3 is 14.8 Å². The minimum Gasteiger partial charge on any atom is -0.475 e. The van der Waals surface area contributed by atoms with Gasteiger partial charge in [-0.25, -0.2) is 4.79 Å². The second-order valence-corrected chi connectivity index (χ2v) is 3.96. The van der Waals surface area contributed by atoms with E-state index in [1.54, 1.807) is 18.5 Å². The highest BCUT2D eigenvalue weighted by Crippen LogP contribution is 2.14. The minimum atomic E-state index is -1.05. The molecule has 0 spiro atoms. The summed E-state index contributed by atoms with van der Waals surface area (Å²) in [5, 5.41) is 12.2. The summed E-state index contributed by atoms with van der Waals surface area (Å²) in [6.07, 6.45) is 4.85. The SMILES string of the molecule is CC(NCc1ccoc1C(=O)O)c1ccncc1. The van der Waals surface area contributed by atoms with Crippen molar-refractivity contribution in [3.8, 4) is 0 Å². The van der Waals surface area contributed by atoms with E-state index in [1.165, 1.54) is 6.26 Å². The van der Waals surface area contributed by atoms with Crippen molar-refractivity contribution in [1.29, 1.82) is 0 Å². The average Bonchev–Trinajstić information content (AvgIpc) is 2.85. The Morgan fingerprint density at radius 2 is 2.17 bits per heavy atom. The Labute approximate surface area is 104 Å². The monoisotopic (exact) mass is 246 g/mol. The molecule has 1 unspecified atom stereocenters. The largest absolute Gasteiger partial charge is 0.475 e. The first-order valence-electron chi connectivity index (χ1n) is 5.61. The molecular weight excluding hydrogens is 232 g/mol. The number of furan rings is 1. The molecule has 94 valence electrons. The Hall–Kier alpha value is -2.14. The van der Waals surface area contributed by atoms with Gasteiger partial charge in [0.2, 0.25) is 5.76 Å². The molecule has 0 bridgehead atoms. The molecular formula is C13H14N2O3. The molecule has 5 nitrogen and oxygen atoms in total. The fourth-order valence-electron chi connectivity index (χ4n) is 1.70. The first-order chi connectivity index (χ1) is 8.68. The molecule has 0 aromatic carbocycles. The fourth-order valence-corrected chi connectivity index (χ4v) is 1.70. The zero-order chi connectivity index (χ0) is 13.0. The van der Waals surface area contributed by atoms with E-state index < -0.39 is 5.97 Å². The molecule has 2 aromatic rings. The first kappa shape index (κ1) is 12.3. The van der Waals surface area contributed by atoms with Gasteiger partial charge in [0.15, 0.2) is 0 Å². The van der Waals surface area contributed by atoms with Crippen LogP contribution in [0.3, 0.4) is 0 Å². The Kier molecular flexibility index (Phi) is 3.74. The molecule has 0 aliphatic rings. The van der Waals surface area contributed by atoms with Gasteiger partial charge in [-0.2, -0.15) is 0 Å². The molecule has 0 saturated heterocycles. The highest BCUT2D eigenvalue weighted by Gasteiger charge is 2.14. The van der Waals surface area contributed by atoms with Crippen LogP contribution in [0.25, 0.3) is 0 Å². The van der Waals surface area contributed by atoms with Gasteiger partial charge in [0.25, 0.3) is 0 Å². The second-order valence-electron chi connectivity index (χ2n) is 3.96. The third-order valence-corrected chi connectivity index (χ3v) is 2.75. The lowest BCUT2D eigenvalue weighted by atomic mass is 10.1. The fraction of sp³-hybridized carbons (Fsp3) is 0.231. The van der Waals surface area contributed by atoms with Crippen molar-refractivity contribution in [1.82, 2.24) is 10.3 Å². The summed E-state index contributed by atoms with van der Waals surface area (Å²) in [6, 6.07) is 5.62. The van der Waals surface area contributed by atoms with E-state index in [0.717, 1.165) is 5.56 Å². The Morgan fingerprint density at radius 3 is 2.83 bits per heavy atom. The summed E-state index contributed by atoms with van der Waals surface area (Å²) in [5.41, 5.74) is 1.74. The number of hydrogen-bond acceptors (Lipinski definition) is 4. The summed E-state index contributed by atoms with van der Waals surface area (Å²) in [6.45, 7) is 2.46. The lowest BCUT2D eigenvalue weighted by Gasteiger charge is -2.13. The summed E-state index contributed by atoms with van der Waals surface area (Å²) in [5.74, 6) is -1.06. The quantitative estimate of drug-likeness (QED) is 0.846. The lowest BCUT2D eigenvalue weighted by Crippen LogP contribution is -2.19. The Morgan fingerprint density at radius 1 is 1.44 bits per heavy atom. The number of carbonyl (C=O) groups is 1. The number of aromatic nitrogens is 1. The predicted octanol–water partition coefficient (Wildman–Crippen LogP) is 2.22. The number of nitrogens with one attached hydrogen (secondary N) is 1. The van der Waals surface area contributed by atoms with Crippen LogP contribution < -0.4 is 5.32 Å². The van der Waals surface area contributed by atoms with Crippen molar-refractivity contribution in [3.05, 3.63) is 53.7 Å². The van der Waals surface area contributed by atoms with Crippen molar-refractivity contribution >= 4 is 5.97 Å². The van der Waals surface area contributed by atoms with Crippen LogP contribution in [0.15, 0.2) is 41.3 Å². The van der Waals surface area contributed by atoms with Crippen LogP contribution in [0.2, 0.25) is 0 Å². The van der Waals surface area contributed by atoms with Crippen LogP contribution in [0.4, 0.5) is 0 Å². The molecule has 2 aromatic heterocycles. The topological polar surface area (TPSA) is 75.4 Å². The van der Waals surface area contributed by atoms with Crippen molar-refractivity contribution in [3.63, 3.8) is 0 Å². The minimum absolute atomic E-state index is 0.00979. The molecule has 0 radical (unpaired) electrons. The number of carboxylic acid groups (broad SMARTS) is 1. The summed E-state index contributed by atoms with van der Waals surface area (Å²) >= 11 is 0. The summed E-state index contributed by atoms with van der Waals surface area (Å²) < 4.78 is 4.91. The number of hydrogen-bond donors (Lipinski definition) is 2. The maximum Gasteiger partial charge on any atom is 0.372 e. The maximum atomic E-state index is 10.9. The van der Waals surface area contributed by atoms with Crippen LogP contribution in [0, 0.1) is 0 Å². The van der Waals surface area contributed by atoms with E-state index in [9.17, 15) is 4.79 Å². The van der Waals surface area contributed by atoms with E-state index >= 15 is 0 Å². The van der Waals surface area contributed by atoms with Crippen molar-refractivity contribution < 1.29 is 14.3 Å². The van der Waals surface area contributed by atoms with Crippen LogP contribution in [-0.2, 0) is 6.54 Å². The number of rotatable bonds is 5. The molecule has 18 heavy (non-hydrogen) atoms. The summed E-state index contributed by atoms with van der Waals surface area (Å²) in [4.78, 5) is 14.8. The number of nitrogens with zero attached hydrogens (tertiary/aromatic N) is 1. The van der Waals surface area contributed by atoms with Crippen molar-refractivity contribution in [2.75, 3.05) is 0 Å². The molecule has 2 rings (SSSR count). The van der Waals surface area contributed by atoms with Crippen LogP contribution >= 0.6 is 0 Å². The first-order valence-corrected chi connectivity index (χ1v) is 5.61. The number of aromatic carboxylic acids is 1. The van der Waals surface area contributed by atoms with E-state index in [1.807, 2.05) is 19.1 Å². The zero-order valence-corrected chi connectivity index (χ0v) is 9.96. The lowest BCUT2D eigenvalue weighted by molar-refractivity contribution is 0.0660. The van der Waals surface area contributed by atoms with E-state index in [-0.39, 0.29) is 11.8 Å². The molecule has 0 fully saturated rings. The van der Waals surface area contributed by atoms with Gasteiger partial charge in [0.05, 0.1) is 6.26 Å². The normalized spacial score (nSPS) is 12.3. The highest BCUT2D eigenvalue weighted by atomic mass is 16.4. The van der Waals surface area contributed by atoms with Gasteiger partial charge in [-0.05, 0) is 30.7 Å². The molecule has 0 saturated carbocycles. The van der Waals surface area contributed by atoms with Gasteiger partial charge in [-0.1, -0.05) is 0 Å². The van der Waals surface area contributed by atoms with Gasteiger partial charge in [0.1, 0.15) is 0 Å². The molecule has 0 aliphatic heterocycles. The van der Waals surface area contributed by atoms with Crippen LogP contribution in [0.5, 0.6) is 0 Å². The Balaban J connectivity index is 1.99. The molecule has 0 amide bonds. The van der Waals surface area contributed by atoms with Gasteiger partial charge in [-0.3, -0.25) is 4.98 Å².